The molecule has 7 atom stereocenters. The molecule has 1 saturated heterocycles. The number of carbonyl (C=O) groups excluding carboxylic acids is 2. The lowest BCUT2D eigenvalue weighted by Gasteiger charge is -2.43. The van der Waals surface area contributed by atoms with E-state index in [-0.39, 0.29) is 57.4 Å². The topological polar surface area (TPSA) is 79.5 Å². The number of nitrogens with zero attached hydrogens (tertiary/aromatic N) is 1. The average Bonchev–Trinajstić information content (AvgIpc) is 3.58. The number of rotatable bonds is 3. The predicted molar refractivity (Wildman–Crippen MR) is 130 cm³/mol. The van der Waals surface area contributed by atoms with E-state index in [1.165, 1.54) is 16.2 Å². The van der Waals surface area contributed by atoms with Gasteiger partial charge in [-0.05, 0) is 54.0 Å². The van der Waals surface area contributed by atoms with Gasteiger partial charge in [0.05, 0.1) is 29.7 Å². The number of nitrogens with one attached hydrogen (secondary N) is 1. The van der Waals surface area contributed by atoms with Crippen LogP contribution in [-0.4, -0.2) is 29.2 Å². The lowest BCUT2D eigenvalue weighted by molar-refractivity contribution is -0.123. The van der Waals surface area contributed by atoms with E-state index in [1.54, 1.807) is 18.9 Å². The normalized spacial score (nSPS) is 33.1. The van der Waals surface area contributed by atoms with Crippen LogP contribution in [0.1, 0.15) is 22.8 Å². The number of aromatic nitrogens is 1. The second kappa shape index (κ2) is 7.33. The first-order valence-electron chi connectivity index (χ1n) is 11.5. The van der Waals surface area contributed by atoms with Crippen LogP contribution in [0.2, 0.25) is 0 Å². The maximum Gasteiger partial charge on any atom is 0.305 e. The van der Waals surface area contributed by atoms with Crippen LogP contribution in [0, 0.1) is 29.6 Å². The van der Waals surface area contributed by atoms with Crippen LogP contribution in [-0.2, 0) is 9.59 Å². The van der Waals surface area contributed by atoms with Gasteiger partial charge >= 0.3 is 4.87 Å². The standard InChI is InChI=1S/C26H22N2O4S2/c1-32-14-9-7-12(8-10-14)17-18-15-11-16(21(18)33-23-22(17)34-26(31)27-23)20-19(15)24(29)28(25(20)30)13-5-3-2-4-6-13/h2-10,15-21H,11H2,1H3,(H,27,31)/t15?,16?,17-,18?,19?,20?,21?/m1/s1. The number of para-hydroxylation sites is 1. The first-order chi connectivity index (χ1) is 16.6. The highest BCUT2D eigenvalue weighted by Gasteiger charge is 2.69. The van der Waals surface area contributed by atoms with E-state index in [4.69, 9.17) is 4.74 Å². The molecule has 0 spiro atoms. The number of carbonyl (C=O) groups is 2. The Morgan fingerprint density at radius 2 is 1.65 bits per heavy atom. The SMILES string of the molecule is COc1ccc([C@H]2c3sc(=O)[nH]c3SC3C4CC(C5C(=O)N(c6ccccc6)C(=O)C45)C32)cc1. The zero-order valence-electron chi connectivity index (χ0n) is 18.3. The van der Waals surface area contributed by atoms with Crippen molar-refractivity contribution >= 4 is 40.6 Å². The number of thiazole rings is 1. The summed E-state index contributed by atoms with van der Waals surface area (Å²) in [4.78, 5) is 45.1. The zero-order chi connectivity index (χ0) is 23.1. The Kier molecular flexibility index (Phi) is 4.42. The molecule has 0 radical (unpaired) electrons. The van der Waals surface area contributed by atoms with Crippen LogP contribution in [0.5, 0.6) is 5.75 Å². The fraction of sp³-hybridized carbons (Fsp3) is 0.346. The largest absolute Gasteiger partial charge is 0.497 e. The Bertz CT molecular complexity index is 1370. The number of ether oxygens (including phenoxy) is 1. The second-order valence-corrected chi connectivity index (χ2v) is 11.8. The maximum absolute atomic E-state index is 13.7. The number of fused-ring (bicyclic) bond motifs is 9. The van der Waals surface area contributed by atoms with Crippen LogP contribution in [0.3, 0.4) is 0 Å². The molecule has 7 rings (SSSR count). The van der Waals surface area contributed by atoms with Crippen LogP contribution >= 0.6 is 23.1 Å². The van der Waals surface area contributed by atoms with Gasteiger partial charge in [-0.1, -0.05) is 41.7 Å². The van der Waals surface area contributed by atoms with Crippen molar-refractivity contribution in [1.29, 1.82) is 0 Å². The smallest absolute Gasteiger partial charge is 0.305 e. The lowest BCUT2D eigenvalue weighted by atomic mass is 9.68. The molecule has 6 unspecified atom stereocenters. The number of aromatic amines is 1. The van der Waals surface area contributed by atoms with E-state index in [9.17, 15) is 14.4 Å². The summed E-state index contributed by atoms with van der Waals surface area (Å²) >= 11 is 2.99. The Morgan fingerprint density at radius 3 is 2.35 bits per heavy atom. The van der Waals surface area contributed by atoms with Gasteiger partial charge in [0.25, 0.3) is 0 Å². The molecular weight excluding hydrogens is 468 g/mol. The molecule has 1 N–H and O–H groups in total. The van der Waals surface area contributed by atoms with Crippen molar-refractivity contribution < 1.29 is 14.3 Å². The van der Waals surface area contributed by atoms with Gasteiger partial charge in [0, 0.05) is 16.0 Å². The molecule has 2 aliphatic carbocycles. The third kappa shape index (κ3) is 2.66. The summed E-state index contributed by atoms with van der Waals surface area (Å²) in [6, 6.07) is 17.4. The van der Waals surface area contributed by atoms with E-state index < -0.39 is 0 Å². The zero-order valence-corrected chi connectivity index (χ0v) is 20.0. The third-order valence-electron chi connectivity index (χ3n) is 8.21. The summed E-state index contributed by atoms with van der Waals surface area (Å²) in [6.07, 6.45) is 0.892. The number of amides is 2. The number of benzene rings is 2. The summed E-state index contributed by atoms with van der Waals surface area (Å²) in [7, 11) is 1.65. The molecule has 2 saturated carbocycles. The Labute approximate surface area is 204 Å². The second-order valence-electron chi connectivity index (χ2n) is 9.58. The number of anilines is 1. The highest BCUT2D eigenvalue weighted by molar-refractivity contribution is 8.00. The molecule has 34 heavy (non-hydrogen) atoms. The average molecular weight is 491 g/mol. The minimum absolute atomic E-state index is 0.0285. The van der Waals surface area contributed by atoms with Crippen molar-refractivity contribution in [3.63, 3.8) is 0 Å². The summed E-state index contributed by atoms with van der Waals surface area (Å²) in [5.74, 6) is 0.611. The molecule has 3 heterocycles. The fourth-order valence-corrected chi connectivity index (χ4v) is 9.92. The van der Waals surface area contributed by atoms with Crippen LogP contribution < -0.4 is 14.5 Å². The van der Waals surface area contributed by atoms with Gasteiger partial charge in [-0.3, -0.25) is 19.3 Å². The molecule has 3 aromatic rings. The van der Waals surface area contributed by atoms with E-state index in [0.29, 0.717) is 5.69 Å². The fourth-order valence-electron chi connectivity index (χ4n) is 7.03. The highest BCUT2D eigenvalue weighted by Crippen LogP contribution is 2.68. The number of hydrogen-bond donors (Lipinski definition) is 1. The van der Waals surface area contributed by atoms with Gasteiger partial charge in [-0.2, -0.15) is 0 Å². The molecule has 2 aliphatic heterocycles. The van der Waals surface area contributed by atoms with E-state index in [0.717, 1.165) is 27.6 Å². The van der Waals surface area contributed by atoms with Gasteiger partial charge in [0.1, 0.15) is 5.75 Å². The Balaban J connectivity index is 1.33. The van der Waals surface area contributed by atoms with Crippen molar-refractivity contribution in [2.75, 3.05) is 12.0 Å². The highest BCUT2D eigenvalue weighted by atomic mass is 32.2. The number of H-pyrrole nitrogens is 1. The summed E-state index contributed by atoms with van der Waals surface area (Å²) < 4.78 is 5.36. The first-order valence-corrected chi connectivity index (χ1v) is 13.2. The molecule has 6 nitrogen and oxygen atoms in total. The third-order valence-corrected chi connectivity index (χ3v) is 10.8. The van der Waals surface area contributed by atoms with E-state index in [2.05, 4.69) is 17.1 Å². The molecule has 8 heteroatoms. The molecule has 2 bridgehead atoms. The molecule has 2 amide bonds. The summed E-state index contributed by atoms with van der Waals surface area (Å²) in [5.41, 5.74) is 1.80. The molecule has 172 valence electrons. The Morgan fingerprint density at radius 1 is 0.941 bits per heavy atom. The van der Waals surface area contributed by atoms with Crippen LogP contribution in [0.25, 0.3) is 0 Å². The van der Waals surface area contributed by atoms with Crippen molar-refractivity contribution in [2.24, 2.45) is 29.6 Å². The van der Waals surface area contributed by atoms with Crippen LogP contribution in [0.4, 0.5) is 5.69 Å². The minimum atomic E-state index is -0.280. The predicted octanol–water partition coefficient (Wildman–Crippen LogP) is 4.12. The number of hydrogen-bond acceptors (Lipinski definition) is 6. The quantitative estimate of drug-likeness (QED) is 0.559. The lowest BCUT2D eigenvalue weighted by Crippen LogP contribution is -2.42. The number of methoxy groups -OCH3 is 1. The van der Waals surface area contributed by atoms with Crippen molar-refractivity contribution in [3.8, 4) is 5.75 Å². The van der Waals surface area contributed by atoms with E-state index >= 15 is 0 Å². The maximum atomic E-state index is 13.7. The van der Waals surface area contributed by atoms with Gasteiger partial charge in [0.2, 0.25) is 11.8 Å². The molecule has 4 aliphatic rings. The first kappa shape index (κ1) is 20.5. The van der Waals surface area contributed by atoms with Gasteiger partial charge in [-0.25, -0.2) is 0 Å². The molecule has 1 aromatic heterocycles. The van der Waals surface area contributed by atoms with Gasteiger partial charge in [-0.15, -0.1) is 11.8 Å². The van der Waals surface area contributed by atoms with Gasteiger partial charge in [0.15, 0.2) is 0 Å². The summed E-state index contributed by atoms with van der Waals surface area (Å²) in [6.45, 7) is 0. The van der Waals surface area contributed by atoms with E-state index in [1.807, 2.05) is 42.5 Å². The van der Waals surface area contributed by atoms with Crippen molar-refractivity contribution in [1.82, 2.24) is 4.98 Å². The monoisotopic (exact) mass is 490 g/mol. The summed E-state index contributed by atoms with van der Waals surface area (Å²) in [5, 5.41) is 1.13. The van der Waals surface area contributed by atoms with Gasteiger partial charge < -0.3 is 9.72 Å². The number of imide groups is 1. The molecular formula is C26H22N2O4S2. The van der Waals surface area contributed by atoms with Crippen molar-refractivity contribution in [2.45, 2.75) is 22.6 Å². The van der Waals surface area contributed by atoms with Crippen LogP contribution in [0.15, 0.2) is 64.4 Å². The minimum Gasteiger partial charge on any atom is -0.497 e. The van der Waals surface area contributed by atoms with Crippen molar-refractivity contribution in [3.05, 3.63) is 74.7 Å². The molecule has 3 fully saturated rings. The number of thioether (sulfide) groups is 1. The molecule has 2 aromatic carbocycles. The Hall–Kier alpha value is -2.84.